The zero-order valence-electron chi connectivity index (χ0n) is 22.6. The van der Waals surface area contributed by atoms with Crippen LogP contribution in [-0.4, -0.2) is 19.6 Å². The molecular weight excluding hydrogens is 443 g/mol. The Hall–Kier alpha value is 0.870. The fraction of sp³-hybridized carbons (Fsp3) is 1.00. The third-order valence-electron chi connectivity index (χ3n) is 6.63. The maximum Gasteiger partial charge on any atom is 1.00 e. The van der Waals surface area contributed by atoms with Crippen molar-refractivity contribution in [3.05, 3.63) is 0 Å². The van der Waals surface area contributed by atoms with Gasteiger partial charge in [-0.25, -0.2) is 8.42 Å². The van der Waals surface area contributed by atoms with Gasteiger partial charge in [-0.3, -0.25) is 4.18 Å². The van der Waals surface area contributed by atoms with Crippen molar-refractivity contribution in [1.29, 1.82) is 0 Å². The predicted octanol–water partition coefficient (Wildman–Crippen LogP) is 6.10. The minimum atomic E-state index is -4.58. The molecule has 0 spiro atoms. The molecule has 0 aliphatic heterocycles. The van der Waals surface area contributed by atoms with E-state index in [-0.39, 0.29) is 42.1 Å². The van der Waals surface area contributed by atoms with E-state index in [2.05, 4.69) is 18.0 Å². The summed E-state index contributed by atoms with van der Waals surface area (Å²) in [7, 11) is -4.58. The van der Waals surface area contributed by atoms with Crippen molar-refractivity contribution in [2.24, 2.45) is 5.92 Å². The van der Waals surface area contributed by atoms with Crippen LogP contribution in [0.4, 0.5) is 0 Å². The minimum absolute atomic E-state index is 0. The van der Waals surface area contributed by atoms with Gasteiger partial charge in [-0.05, 0) is 18.8 Å². The number of hydrogen-bond donors (Lipinski definition) is 0. The molecule has 0 rings (SSSR count). The first-order valence-corrected chi connectivity index (χ1v) is 15.4. The monoisotopic (exact) mass is 498 g/mol. The Balaban J connectivity index is 0. The summed E-state index contributed by atoms with van der Waals surface area (Å²) in [5.74, 6) is 0.200. The van der Waals surface area contributed by atoms with Crippen LogP contribution in [0, 0.1) is 5.92 Å². The van der Waals surface area contributed by atoms with E-state index in [1.54, 1.807) is 0 Å². The summed E-state index contributed by atoms with van der Waals surface area (Å²) in [5, 5.41) is 0. The van der Waals surface area contributed by atoms with Crippen molar-refractivity contribution in [3.63, 3.8) is 0 Å². The zero-order chi connectivity index (χ0) is 23.8. The van der Waals surface area contributed by atoms with Gasteiger partial charge >= 0.3 is 29.6 Å². The SMILES string of the molecule is CCCCCCCCCCCCCCC(CCCCCCCCCCC)COS(=O)(=O)[O-].[Na+]. The van der Waals surface area contributed by atoms with E-state index in [0.29, 0.717) is 0 Å². The normalized spacial score (nSPS) is 12.6. The first-order valence-electron chi connectivity index (χ1n) is 14.1. The molecule has 4 nitrogen and oxygen atoms in total. The van der Waals surface area contributed by atoms with Gasteiger partial charge in [0.25, 0.3) is 0 Å². The van der Waals surface area contributed by atoms with E-state index in [9.17, 15) is 13.0 Å². The fourth-order valence-corrected chi connectivity index (χ4v) is 4.87. The molecule has 0 aromatic heterocycles. The van der Waals surface area contributed by atoms with Crippen LogP contribution in [0.1, 0.15) is 162 Å². The van der Waals surface area contributed by atoms with E-state index in [0.717, 1.165) is 25.7 Å². The van der Waals surface area contributed by atoms with Crippen LogP contribution in [0.3, 0.4) is 0 Å². The summed E-state index contributed by atoms with van der Waals surface area (Å²) in [6, 6.07) is 0. The molecule has 194 valence electrons. The second kappa shape index (κ2) is 27.5. The molecule has 0 aliphatic rings. The van der Waals surface area contributed by atoms with E-state index in [1.165, 1.54) is 122 Å². The van der Waals surface area contributed by atoms with Gasteiger partial charge in [-0.2, -0.15) is 0 Å². The topological polar surface area (TPSA) is 66.4 Å². The molecule has 0 fully saturated rings. The Bertz CT molecular complexity index is 471. The summed E-state index contributed by atoms with van der Waals surface area (Å²) < 4.78 is 37.2. The molecule has 0 aliphatic carbocycles. The maximum atomic E-state index is 10.9. The molecule has 1 atom stereocenters. The summed E-state index contributed by atoms with van der Waals surface area (Å²) in [6.07, 6.45) is 29.4. The van der Waals surface area contributed by atoms with Gasteiger partial charge < -0.3 is 4.55 Å². The third kappa shape index (κ3) is 30.8. The van der Waals surface area contributed by atoms with E-state index in [1.807, 2.05) is 0 Å². The van der Waals surface area contributed by atoms with Crippen molar-refractivity contribution < 1.29 is 46.7 Å². The zero-order valence-corrected chi connectivity index (χ0v) is 25.4. The summed E-state index contributed by atoms with van der Waals surface area (Å²) in [5.41, 5.74) is 0. The Morgan fingerprint density at radius 2 is 0.818 bits per heavy atom. The quantitative estimate of drug-likeness (QED) is 0.0626. The van der Waals surface area contributed by atoms with Crippen LogP contribution in [0.2, 0.25) is 0 Å². The van der Waals surface area contributed by atoms with Crippen LogP contribution < -0.4 is 29.6 Å². The van der Waals surface area contributed by atoms with E-state index >= 15 is 0 Å². The van der Waals surface area contributed by atoms with Crippen molar-refractivity contribution in [2.45, 2.75) is 162 Å². The standard InChI is InChI=1S/C27H56O4S.Na/c1-3-5-7-9-11-13-14-15-17-19-21-23-25-27(26-31-32(28,29)30)24-22-20-18-16-12-10-8-6-4-2;/h27H,3-26H2,1-2H3,(H,28,29,30);/q;+1/p-1. The van der Waals surface area contributed by atoms with Crippen LogP contribution in [0.5, 0.6) is 0 Å². The molecule has 0 bridgehead atoms. The number of rotatable bonds is 26. The van der Waals surface area contributed by atoms with Crippen molar-refractivity contribution in [1.82, 2.24) is 0 Å². The molecule has 0 aromatic carbocycles. The Labute approximate surface area is 230 Å². The third-order valence-corrected chi connectivity index (χ3v) is 7.05. The second-order valence-electron chi connectivity index (χ2n) is 9.85. The van der Waals surface area contributed by atoms with Crippen LogP contribution in [-0.2, 0) is 14.6 Å². The number of unbranched alkanes of at least 4 members (excludes halogenated alkanes) is 19. The summed E-state index contributed by atoms with van der Waals surface area (Å²) in [4.78, 5) is 0. The Morgan fingerprint density at radius 3 is 1.09 bits per heavy atom. The second-order valence-corrected chi connectivity index (χ2v) is 10.9. The maximum absolute atomic E-state index is 10.9. The van der Waals surface area contributed by atoms with E-state index in [4.69, 9.17) is 0 Å². The molecule has 0 saturated carbocycles. The Kier molecular flexibility index (Phi) is 30.0. The van der Waals surface area contributed by atoms with Crippen molar-refractivity contribution in [3.8, 4) is 0 Å². The van der Waals surface area contributed by atoms with Crippen LogP contribution in [0.25, 0.3) is 0 Å². The summed E-state index contributed by atoms with van der Waals surface area (Å²) >= 11 is 0. The van der Waals surface area contributed by atoms with Gasteiger partial charge in [0.05, 0.1) is 6.61 Å². The predicted molar refractivity (Wildman–Crippen MR) is 137 cm³/mol. The smallest absolute Gasteiger partial charge is 0.726 e. The van der Waals surface area contributed by atoms with Gasteiger partial charge in [0.2, 0.25) is 10.4 Å². The molecule has 0 radical (unpaired) electrons. The Morgan fingerprint density at radius 1 is 0.545 bits per heavy atom. The van der Waals surface area contributed by atoms with Gasteiger partial charge in [0.15, 0.2) is 0 Å². The molecule has 0 aromatic rings. The van der Waals surface area contributed by atoms with Gasteiger partial charge in [-0.15, -0.1) is 0 Å². The molecule has 0 N–H and O–H groups in total. The first kappa shape index (κ1) is 36.0. The number of hydrogen-bond acceptors (Lipinski definition) is 4. The van der Waals surface area contributed by atoms with E-state index < -0.39 is 10.4 Å². The molecule has 0 saturated heterocycles. The molecular formula is C27H55NaO4S. The molecule has 0 amide bonds. The first-order chi connectivity index (χ1) is 15.5. The van der Waals surface area contributed by atoms with Crippen LogP contribution >= 0.6 is 0 Å². The minimum Gasteiger partial charge on any atom is -0.726 e. The average Bonchev–Trinajstić information content (AvgIpc) is 2.75. The van der Waals surface area contributed by atoms with Crippen LogP contribution in [0.15, 0.2) is 0 Å². The largest absolute Gasteiger partial charge is 1.00 e. The average molecular weight is 499 g/mol. The van der Waals surface area contributed by atoms with Crippen molar-refractivity contribution >= 4 is 10.4 Å². The van der Waals surface area contributed by atoms with Gasteiger partial charge in [0.1, 0.15) is 0 Å². The molecule has 1 unspecified atom stereocenters. The van der Waals surface area contributed by atoms with Crippen molar-refractivity contribution in [2.75, 3.05) is 6.61 Å². The van der Waals surface area contributed by atoms with Gasteiger partial charge in [0, 0.05) is 0 Å². The fourth-order valence-electron chi connectivity index (χ4n) is 4.51. The molecule has 6 heteroatoms. The molecule has 0 heterocycles. The molecule has 33 heavy (non-hydrogen) atoms. The summed E-state index contributed by atoms with van der Waals surface area (Å²) in [6.45, 7) is 4.58. The van der Waals surface area contributed by atoms with Gasteiger partial charge in [-0.1, -0.05) is 149 Å².